The van der Waals surface area contributed by atoms with Gasteiger partial charge in [-0.1, -0.05) is 6.92 Å². The molecule has 4 nitrogen and oxygen atoms in total. The van der Waals surface area contributed by atoms with E-state index in [1.54, 1.807) is 0 Å². The predicted octanol–water partition coefficient (Wildman–Crippen LogP) is 1.82. The Balaban J connectivity index is 1.75. The number of hydrogen-bond acceptors (Lipinski definition) is 3. The van der Waals surface area contributed by atoms with E-state index < -0.39 is 0 Å². The fourth-order valence-corrected chi connectivity index (χ4v) is 3.19. The van der Waals surface area contributed by atoms with Crippen molar-refractivity contribution in [3.63, 3.8) is 0 Å². The average Bonchev–Trinajstić information content (AvgIpc) is 2.94. The second kappa shape index (κ2) is 5.44. The molecule has 1 fully saturated rings. The molecular weight excluding hydrogens is 250 g/mol. The molecule has 4 heteroatoms. The Labute approximate surface area is 120 Å². The highest BCUT2D eigenvalue weighted by Gasteiger charge is 2.27. The molecule has 0 aromatic heterocycles. The van der Waals surface area contributed by atoms with Crippen LogP contribution in [0.15, 0.2) is 18.2 Å². The summed E-state index contributed by atoms with van der Waals surface area (Å²) in [5.74, 6) is 0.186. The van der Waals surface area contributed by atoms with E-state index in [0.717, 1.165) is 44.6 Å². The number of rotatable bonds is 2. The molecule has 2 aliphatic heterocycles. The van der Waals surface area contributed by atoms with Crippen LogP contribution in [0.5, 0.6) is 0 Å². The van der Waals surface area contributed by atoms with Gasteiger partial charge in [-0.2, -0.15) is 0 Å². The van der Waals surface area contributed by atoms with E-state index in [-0.39, 0.29) is 5.91 Å². The van der Waals surface area contributed by atoms with E-state index >= 15 is 0 Å². The zero-order chi connectivity index (χ0) is 14.1. The van der Waals surface area contributed by atoms with E-state index in [0.29, 0.717) is 6.04 Å². The van der Waals surface area contributed by atoms with Crippen LogP contribution in [0.25, 0.3) is 0 Å². The third kappa shape index (κ3) is 2.40. The van der Waals surface area contributed by atoms with Gasteiger partial charge in [-0.15, -0.1) is 0 Å². The predicted molar refractivity (Wildman–Crippen MR) is 81.2 cm³/mol. The largest absolute Gasteiger partial charge is 0.384 e. The molecule has 0 saturated carbocycles. The van der Waals surface area contributed by atoms with E-state index in [4.69, 9.17) is 0 Å². The minimum atomic E-state index is 0.186. The topological polar surface area (TPSA) is 35.6 Å². The molecule has 1 unspecified atom stereocenters. The number of likely N-dealkylation sites (N-methyl/N-ethyl adjacent to an activating group) is 1. The van der Waals surface area contributed by atoms with Gasteiger partial charge in [-0.05, 0) is 43.7 Å². The summed E-state index contributed by atoms with van der Waals surface area (Å²) in [5.41, 5.74) is 3.30. The fourth-order valence-electron chi connectivity index (χ4n) is 3.19. The molecule has 0 radical (unpaired) electrons. The van der Waals surface area contributed by atoms with Crippen molar-refractivity contribution in [1.82, 2.24) is 9.80 Å². The molecule has 20 heavy (non-hydrogen) atoms. The Morgan fingerprint density at radius 1 is 1.40 bits per heavy atom. The molecule has 0 bridgehead atoms. The van der Waals surface area contributed by atoms with Crippen LogP contribution in [0.3, 0.4) is 0 Å². The fraction of sp³-hybridized carbons (Fsp3) is 0.562. The van der Waals surface area contributed by atoms with Gasteiger partial charge in [0.2, 0.25) is 0 Å². The van der Waals surface area contributed by atoms with Gasteiger partial charge in [-0.25, -0.2) is 0 Å². The lowest BCUT2D eigenvalue weighted by atomic mass is 10.1. The van der Waals surface area contributed by atoms with Crippen LogP contribution in [0.4, 0.5) is 5.69 Å². The molecule has 0 spiro atoms. The van der Waals surface area contributed by atoms with Gasteiger partial charge >= 0.3 is 0 Å². The van der Waals surface area contributed by atoms with Crippen LogP contribution in [0.1, 0.15) is 29.3 Å². The Kier molecular flexibility index (Phi) is 3.66. The zero-order valence-corrected chi connectivity index (χ0v) is 12.4. The van der Waals surface area contributed by atoms with Crippen molar-refractivity contribution in [1.29, 1.82) is 0 Å². The van der Waals surface area contributed by atoms with E-state index in [2.05, 4.69) is 30.3 Å². The SMILES string of the molecule is CCC1CN(C(=O)c2ccc3c(c2)CCN3)CCN1C. The summed E-state index contributed by atoms with van der Waals surface area (Å²) in [7, 11) is 2.15. The van der Waals surface area contributed by atoms with Crippen LogP contribution in [-0.4, -0.2) is 55.0 Å². The molecular formula is C16H23N3O. The van der Waals surface area contributed by atoms with E-state index in [1.165, 1.54) is 11.3 Å². The Hall–Kier alpha value is -1.55. The molecule has 2 aliphatic rings. The highest BCUT2D eigenvalue weighted by atomic mass is 16.2. The number of benzene rings is 1. The van der Waals surface area contributed by atoms with Gasteiger partial charge in [0.05, 0.1) is 0 Å². The first-order valence-corrected chi connectivity index (χ1v) is 7.55. The smallest absolute Gasteiger partial charge is 0.253 e. The minimum absolute atomic E-state index is 0.186. The highest BCUT2D eigenvalue weighted by Crippen LogP contribution is 2.24. The standard InChI is InChI=1S/C16H23N3O/c1-3-14-11-19(9-8-18(14)2)16(20)13-4-5-15-12(10-13)6-7-17-15/h4-5,10,14,17H,3,6-9,11H2,1-2H3. The molecule has 1 atom stereocenters. The maximum absolute atomic E-state index is 12.7. The molecule has 1 amide bonds. The molecule has 1 N–H and O–H groups in total. The number of amides is 1. The number of nitrogens with one attached hydrogen (secondary N) is 1. The minimum Gasteiger partial charge on any atom is -0.384 e. The molecule has 2 heterocycles. The number of fused-ring (bicyclic) bond motifs is 1. The number of hydrogen-bond donors (Lipinski definition) is 1. The molecule has 1 aromatic rings. The Morgan fingerprint density at radius 3 is 3.05 bits per heavy atom. The third-order valence-electron chi connectivity index (χ3n) is 4.60. The third-order valence-corrected chi connectivity index (χ3v) is 4.60. The van der Waals surface area contributed by atoms with Crippen LogP contribution in [-0.2, 0) is 6.42 Å². The first kappa shape index (κ1) is 13.4. The van der Waals surface area contributed by atoms with Crippen molar-refractivity contribution in [3.8, 4) is 0 Å². The maximum atomic E-state index is 12.7. The van der Waals surface area contributed by atoms with Crippen LogP contribution in [0, 0.1) is 0 Å². The van der Waals surface area contributed by atoms with Crippen LogP contribution >= 0.6 is 0 Å². The molecule has 1 aromatic carbocycles. The van der Waals surface area contributed by atoms with Gasteiger partial charge in [0.25, 0.3) is 5.91 Å². The molecule has 3 rings (SSSR count). The normalized spacial score (nSPS) is 22.5. The summed E-state index contributed by atoms with van der Waals surface area (Å²) in [5, 5.41) is 3.34. The monoisotopic (exact) mass is 273 g/mol. The Bertz CT molecular complexity index is 514. The lowest BCUT2D eigenvalue weighted by molar-refractivity contribution is 0.0542. The van der Waals surface area contributed by atoms with Crippen molar-refractivity contribution in [2.75, 3.05) is 38.5 Å². The average molecular weight is 273 g/mol. The van der Waals surface area contributed by atoms with Crippen LogP contribution < -0.4 is 5.32 Å². The molecule has 108 valence electrons. The van der Waals surface area contributed by atoms with Crippen LogP contribution in [0.2, 0.25) is 0 Å². The van der Waals surface area contributed by atoms with E-state index in [9.17, 15) is 4.79 Å². The van der Waals surface area contributed by atoms with Crippen molar-refractivity contribution < 1.29 is 4.79 Å². The molecule has 0 aliphatic carbocycles. The van der Waals surface area contributed by atoms with Gasteiger partial charge in [0, 0.05) is 43.5 Å². The van der Waals surface area contributed by atoms with E-state index in [1.807, 2.05) is 17.0 Å². The number of piperazine rings is 1. The van der Waals surface area contributed by atoms with Crippen molar-refractivity contribution in [2.45, 2.75) is 25.8 Å². The summed E-state index contributed by atoms with van der Waals surface area (Å²) >= 11 is 0. The van der Waals surface area contributed by atoms with Gasteiger partial charge < -0.3 is 10.2 Å². The summed E-state index contributed by atoms with van der Waals surface area (Å²) in [6.07, 6.45) is 2.12. The highest BCUT2D eigenvalue weighted by molar-refractivity contribution is 5.95. The first-order chi connectivity index (χ1) is 9.69. The van der Waals surface area contributed by atoms with Crippen molar-refractivity contribution in [3.05, 3.63) is 29.3 Å². The maximum Gasteiger partial charge on any atom is 0.253 e. The quantitative estimate of drug-likeness (QED) is 0.893. The zero-order valence-electron chi connectivity index (χ0n) is 12.4. The molecule has 1 saturated heterocycles. The summed E-state index contributed by atoms with van der Waals surface area (Å²) in [4.78, 5) is 17.0. The number of carbonyl (C=O) groups excluding carboxylic acids is 1. The number of anilines is 1. The van der Waals surface area contributed by atoms with Crippen molar-refractivity contribution in [2.24, 2.45) is 0 Å². The van der Waals surface area contributed by atoms with Gasteiger partial charge in [0.15, 0.2) is 0 Å². The van der Waals surface area contributed by atoms with Crippen molar-refractivity contribution >= 4 is 11.6 Å². The summed E-state index contributed by atoms with van der Waals surface area (Å²) < 4.78 is 0. The first-order valence-electron chi connectivity index (χ1n) is 7.55. The summed E-state index contributed by atoms with van der Waals surface area (Å²) in [6, 6.07) is 6.56. The second-order valence-corrected chi connectivity index (χ2v) is 5.84. The lowest BCUT2D eigenvalue weighted by Crippen LogP contribution is -2.52. The number of nitrogens with zero attached hydrogens (tertiary/aromatic N) is 2. The van der Waals surface area contributed by atoms with Gasteiger partial charge in [-0.3, -0.25) is 9.69 Å². The number of carbonyl (C=O) groups is 1. The lowest BCUT2D eigenvalue weighted by Gasteiger charge is -2.39. The van der Waals surface area contributed by atoms with Gasteiger partial charge in [0.1, 0.15) is 0 Å². The Morgan fingerprint density at radius 2 is 2.25 bits per heavy atom. The summed E-state index contributed by atoms with van der Waals surface area (Å²) in [6.45, 7) is 5.83. The second-order valence-electron chi connectivity index (χ2n) is 5.84.